The third kappa shape index (κ3) is 1.25. The van der Waals surface area contributed by atoms with Crippen LogP contribution in [-0.4, -0.2) is 5.94 Å². The fraction of sp³-hybridized carbons (Fsp3) is 0.500. The van der Waals surface area contributed by atoms with E-state index in [0.717, 1.165) is 18.4 Å². The van der Waals surface area contributed by atoms with Crippen LogP contribution in [0.1, 0.15) is 12.8 Å². The summed E-state index contributed by atoms with van der Waals surface area (Å²) >= 11 is 0. The highest BCUT2D eigenvalue weighted by Crippen LogP contribution is 2.23. The number of allylic oxidation sites excluding steroid dienone is 1. The maximum atomic E-state index is 9.41. The summed E-state index contributed by atoms with van der Waals surface area (Å²) in [7, 11) is 0. The highest BCUT2D eigenvalue weighted by Gasteiger charge is 2.10. The topological polar surface area (TPSA) is 17.1 Å². The predicted octanol–water partition coefficient (Wildman–Crippen LogP) is 0.960. The highest BCUT2D eigenvalue weighted by atomic mass is 35.5. The Kier molecular flexibility index (Phi) is 1.93. The lowest BCUT2D eigenvalue weighted by Crippen LogP contribution is -1.37. The van der Waals surface area contributed by atoms with E-state index in [0.29, 0.717) is 0 Å². The van der Waals surface area contributed by atoms with Gasteiger partial charge in [0.1, 0.15) is 5.94 Å². The fourth-order valence-corrected chi connectivity index (χ4v) is 0.165. The van der Waals surface area contributed by atoms with E-state index in [4.69, 9.17) is 0 Å². The molecule has 0 radical (unpaired) electrons. The Morgan fingerprint density at radius 1 is 1.50 bits per heavy atom. The van der Waals surface area contributed by atoms with Crippen LogP contribution in [0.2, 0.25) is 0 Å². The minimum Gasteiger partial charge on any atom is -0.234 e. The summed E-state index contributed by atoms with van der Waals surface area (Å²) in [6.07, 6.45) is 2.01. The number of hydrogen-bond acceptors (Lipinski definition) is 1. The second-order valence-corrected chi connectivity index (χ2v) is 1.21. The Balaban J connectivity index is 0.000000250. The van der Waals surface area contributed by atoms with Crippen LogP contribution in [0.25, 0.3) is 0 Å². The van der Waals surface area contributed by atoms with Crippen molar-refractivity contribution < 1.29 is 4.79 Å². The van der Waals surface area contributed by atoms with Crippen LogP contribution in [0.15, 0.2) is 5.57 Å². The third-order valence-corrected chi connectivity index (χ3v) is 0.644. The quantitative estimate of drug-likeness (QED) is 0.419. The van der Waals surface area contributed by atoms with Crippen molar-refractivity contribution in [2.75, 3.05) is 0 Å². The molecule has 0 N–H and O–H groups in total. The number of halogens is 1. The Hall–Kier alpha value is -0.260. The monoisotopic (exact) mass is 104 g/mol. The second kappa shape index (κ2) is 2.01. The van der Waals surface area contributed by atoms with Gasteiger partial charge < -0.3 is 0 Å². The van der Waals surface area contributed by atoms with Crippen LogP contribution in [-0.2, 0) is 4.79 Å². The van der Waals surface area contributed by atoms with E-state index in [1.165, 1.54) is 0 Å². The minimum absolute atomic E-state index is 0. The number of carbonyl (C=O) groups excluding carboxylic acids is 1. The standard InChI is InChI=1S/C4H4O.ClH/c5-3-4-1-2-4;/h1-2H2;1H. The first-order valence-corrected chi connectivity index (χ1v) is 1.66. The van der Waals surface area contributed by atoms with Crippen LogP contribution in [0, 0.1) is 0 Å². The lowest BCUT2D eigenvalue weighted by atomic mass is 10.7. The molecule has 34 valence electrons. The van der Waals surface area contributed by atoms with Crippen molar-refractivity contribution in [2.45, 2.75) is 12.8 Å². The van der Waals surface area contributed by atoms with Crippen LogP contribution >= 0.6 is 12.4 Å². The van der Waals surface area contributed by atoms with Crippen molar-refractivity contribution in [1.82, 2.24) is 0 Å². The van der Waals surface area contributed by atoms with Crippen molar-refractivity contribution in [3.63, 3.8) is 0 Å². The summed E-state index contributed by atoms with van der Waals surface area (Å²) in [6, 6.07) is 0. The third-order valence-electron chi connectivity index (χ3n) is 0.644. The molecule has 0 saturated heterocycles. The molecular formula is C4H5ClO. The van der Waals surface area contributed by atoms with E-state index in [9.17, 15) is 4.79 Å². The number of rotatable bonds is 0. The maximum Gasteiger partial charge on any atom is 0.123 e. The molecule has 1 nitrogen and oxygen atoms in total. The second-order valence-electron chi connectivity index (χ2n) is 1.21. The summed E-state index contributed by atoms with van der Waals surface area (Å²) in [5, 5.41) is 0. The Labute approximate surface area is 42.5 Å². The fourth-order valence-electron chi connectivity index (χ4n) is 0.165. The van der Waals surface area contributed by atoms with Gasteiger partial charge in [-0.3, -0.25) is 0 Å². The molecule has 1 aliphatic carbocycles. The summed E-state index contributed by atoms with van der Waals surface area (Å²) < 4.78 is 0. The van der Waals surface area contributed by atoms with E-state index in [2.05, 4.69) is 0 Å². The van der Waals surface area contributed by atoms with Crippen LogP contribution in [0.4, 0.5) is 0 Å². The Morgan fingerprint density at radius 3 is 2.00 bits per heavy atom. The van der Waals surface area contributed by atoms with Crippen molar-refractivity contribution in [2.24, 2.45) is 0 Å². The van der Waals surface area contributed by atoms with Crippen LogP contribution in [0.3, 0.4) is 0 Å². The average Bonchev–Trinajstić information content (AvgIpc) is 2.12. The molecule has 0 atom stereocenters. The molecule has 0 aromatic heterocycles. The van der Waals surface area contributed by atoms with Gasteiger partial charge in [-0.15, -0.1) is 12.4 Å². The molecule has 1 rings (SSSR count). The van der Waals surface area contributed by atoms with Gasteiger partial charge in [0.2, 0.25) is 0 Å². The predicted molar refractivity (Wildman–Crippen MR) is 25.7 cm³/mol. The normalized spacial score (nSPS) is 15.0. The molecular weight excluding hydrogens is 99.5 g/mol. The van der Waals surface area contributed by atoms with Gasteiger partial charge in [0.15, 0.2) is 0 Å². The van der Waals surface area contributed by atoms with E-state index in [1.54, 1.807) is 5.94 Å². The molecule has 0 unspecified atom stereocenters. The molecule has 0 aromatic carbocycles. The zero-order chi connectivity index (χ0) is 3.70. The minimum atomic E-state index is 0. The van der Waals surface area contributed by atoms with Gasteiger partial charge in [-0.25, -0.2) is 4.79 Å². The Morgan fingerprint density at radius 2 is 2.00 bits per heavy atom. The van der Waals surface area contributed by atoms with Crippen molar-refractivity contribution >= 4 is 18.3 Å². The molecule has 1 fully saturated rings. The number of hydrogen-bond donors (Lipinski definition) is 0. The van der Waals surface area contributed by atoms with E-state index in [1.807, 2.05) is 0 Å². The van der Waals surface area contributed by atoms with E-state index >= 15 is 0 Å². The van der Waals surface area contributed by atoms with Crippen LogP contribution in [0.5, 0.6) is 0 Å². The first-order chi connectivity index (χ1) is 2.43. The summed E-state index contributed by atoms with van der Waals surface area (Å²) in [6.45, 7) is 0. The average molecular weight is 105 g/mol. The van der Waals surface area contributed by atoms with Crippen LogP contribution < -0.4 is 0 Å². The van der Waals surface area contributed by atoms with Crippen molar-refractivity contribution in [3.8, 4) is 0 Å². The summed E-state index contributed by atoms with van der Waals surface area (Å²) in [5.41, 5.74) is 0.949. The zero-order valence-electron chi connectivity index (χ0n) is 3.23. The van der Waals surface area contributed by atoms with Gasteiger partial charge in [-0.1, -0.05) is 0 Å². The molecule has 0 aromatic rings. The summed E-state index contributed by atoms with van der Waals surface area (Å²) in [5.74, 6) is 1.81. The maximum absolute atomic E-state index is 9.41. The molecule has 0 bridgehead atoms. The van der Waals surface area contributed by atoms with Crippen molar-refractivity contribution in [3.05, 3.63) is 5.57 Å². The van der Waals surface area contributed by atoms with Gasteiger partial charge in [0.25, 0.3) is 0 Å². The molecule has 0 amide bonds. The highest BCUT2D eigenvalue weighted by molar-refractivity contribution is 5.85. The van der Waals surface area contributed by atoms with Gasteiger partial charge in [0.05, 0.1) is 0 Å². The molecule has 0 aliphatic heterocycles. The van der Waals surface area contributed by atoms with Gasteiger partial charge in [-0.2, -0.15) is 0 Å². The molecule has 0 heterocycles. The van der Waals surface area contributed by atoms with E-state index < -0.39 is 0 Å². The molecule has 1 saturated carbocycles. The lowest BCUT2D eigenvalue weighted by molar-refractivity contribution is 0.568. The molecule has 2 heteroatoms. The van der Waals surface area contributed by atoms with Gasteiger partial charge >= 0.3 is 0 Å². The Bertz CT molecular complexity index is 85.7. The van der Waals surface area contributed by atoms with Gasteiger partial charge in [-0.05, 0) is 12.8 Å². The SMILES string of the molecule is Cl.O=C=C1CC1. The van der Waals surface area contributed by atoms with Gasteiger partial charge in [0, 0.05) is 5.57 Å². The first-order valence-electron chi connectivity index (χ1n) is 1.66. The molecule has 0 spiro atoms. The molecule has 1 aliphatic rings. The zero-order valence-corrected chi connectivity index (χ0v) is 4.05. The smallest absolute Gasteiger partial charge is 0.123 e. The van der Waals surface area contributed by atoms with Crippen molar-refractivity contribution in [1.29, 1.82) is 0 Å². The lowest BCUT2D eigenvalue weighted by Gasteiger charge is -1.34. The first kappa shape index (κ1) is 5.74. The largest absolute Gasteiger partial charge is 0.234 e. The molecule has 6 heavy (non-hydrogen) atoms. The van der Waals surface area contributed by atoms with E-state index in [-0.39, 0.29) is 12.4 Å². The summed E-state index contributed by atoms with van der Waals surface area (Å²) in [4.78, 5) is 9.41.